The van der Waals surface area contributed by atoms with E-state index in [0.717, 1.165) is 37.1 Å². The second-order valence-corrected chi connectivity index (χ2v) is 4.87. The quantitative estimate of drug-likeness (QED) is 0.828. The lowest BCUT2D eigenvalue weighted by molar-refractivity contribution is 0.389. The van der Waals surface area contributed by atoms with Crippen molar-refractivity contribution in [2.24, 2.45) is 11.7 Å². The third kappa shape index (κ3) is 3.79. The molecule has 0 saturated carbocycles. The fourth-order valence-electron chi connectivity index (χ4n) is 1.98. The van der Waals surface area contributed by atoms with Crippen molar-refractivity contribution in [2.75, 3.05) is 20.8 Å². The Bertz CT molecular complexity index is 382. The summed E-state index contributed by atoms with van der Waals surface area (Å²) < 4.78 is 10.6. The fraction of sp³-hybridized carbons (Fsp3) is 0.571. The van der Waals surface area contributed by atoms with Crippen molar-refractivity contribution in [3.63, 3.8) is 0 Å². The average Bonchev–Trinajstić information content (AvgIpc) is 2.36. The third-order valence-electron chi connectivity index (χ3n) is 3.13. The van der Waals surface area contributed by atoms with E-state index in [4.69, 9.17) is 26.8 Å². The zero-order valence-corrected chi connectivity index (χ0v) is 12.1. The molecule has 0 aliphatic rings. The molecule has 3 nitrogen and oxygen atoms in total. The van der Waals surface area contributed by atoms with E-state index >= 15 is 0 Å². The summed E-state index contributed by atoms with van der Waals surface area (Å²) >= 11 is 6.22. The molecular formula is C14H22ClNO2. The van der Waals surface area contributed by atoms with Gasteiger partial charge in [-0.1, -0.05) is 24.6 Å². The second kappa shape index (κ2) is 7.49. The number of halogens is 1. The van der Waals surface area contributed by atoms with E-state index < -0.39 is 0 Å². The number of aryl methyl sites for hydroxylation is 1. The predicted octanol–water partition coefficient (Wildman–Crippen LogP) is 3.27. The lowest BCUT2D eigenvalue weighted by Crippen LogP contribution is -2.07. The molecule has 0 bridgehead atoms. The Kier molecular flexibility index (Phi) is 6.30. The molecule has 102 valence electrons. The molecule has 0 amide bonds. The van der Waals surface area contributed by atoms with Crippen LogP contribution in [0, 0.1) is 5.92 Å². The fourth-order valence-corrected chi connectivity index (χ4v) is 2.32. The standard InChI is InChI=1S/C14H22ClNO2/c1-10(8-9-16)4-5-11-6-7-12(17-2)13(15)14(11)18-3/h6-7,10H,4-5,8-9,16H2,1-3H3. The van der Waals surface area contributed by atoms with Crippen molar-refractivity contribution >= 4 is 11.6 Å². The van der Waals surface area contributed by atoms with Crippen LogP contribution in [0.5, 0.6) is 11.5 Å². The summed E-state index contributed by atoms with van der Waals surface area (Å²) in [6, 6.07) is 3.90. The second-order valence-electron chi connectivity index (χ2n) is 4.50. The SMILES string of the molecule is COc1ccc(CCC(C)CCN)c(OC)c1Cl. The van der Waals surface area contributed by atoms with Gasteiger partial charge in [-0.2, -0.15) is 0 Å². The molecule has 0 heterocycles. The van der Waals surface area contributed by atoms with E-state index in [2.05, 4.69) is 6.92 Å². The Morgan fingerprint density at radius 2 is 1.94 bits per heavy atom. The number of ether oxygens (including phenoxy) is 2. The Morgan fingerprint density at radius 3 is 2.50 bits per heavy atom. The first-order valence-electron chi connectivity index (χ1n) is 6.23. The summed E-state index contributed by atoms with van der Waals surface area (Å²) in [5, 5.41) is 0.545. The smallest absolute Gasteiger partial charge is 0.144 e. The molecule has 1 atom stereocenters. The molecule has 0 aliphatic heterocycles. The zero-order chi connectivity index (χ0) is 13.5. The molecule has 1 aromatic carbocycles. The molecule has 0 aromatic heterocycles. The van der Waals surface area contributed by atoms with Crippen LogP contribution in [0.2, 0.25) is 5.02 Å². The van der Waals surface area contributed by atoms with Crippen molar-refractivity contribution in [2.45, 2.75) is 26.2 Å². The molecule has 0 radical (unpaired) electrons. The Balaban J connectivity index is 2.79. The minimum Gasteiger partial charge on any atom is -0.495 e. The first kappa shape index (κ1) is 15.1. The van der Waals surface area contributed by atoms with Gasteiger partial charge in [0.15, 0.2) is 0 Å². The van der Waals surface area contributed by atoms with Gasteiger partial charge >= 0.3 is 0 Å². The first-order valence-corrected chi connectivity index (χ1v) is 6.61. The Labute approximate surface area is 114 Å². The van der Waals surface area contributed by atoms with E-state index in [1.54, 1.807) is 14.2 Å². The predicted molar refractivity (Wildman–Crippen MR) is 75.7 cm³/mol. The molecular weight excluding hydrogens is 250 g/mol. The number of methoxy groups -OCH3 is 2. The summed E-state index contributed by atoms with van der Waals surface area (Å²) in [6.07, 6.45) is 3.07. The molecule has 4 heteroatoms. The van der Waals surface area contributed by atoms with Crippen molar-refractivity contribution < 1.29 is 9.47 Å². The van der Waals surface area contributed by atoms with E-state index in [-0.39, 0.29) is 0 Å². The highest BCUT2D eigenvalue weighted by atomic mass is 35.5. The highest BCUT2D eigenvalue weighted by Gasteiger charge is 2.13. The molecule has 1 unspecified atom stereocenters. The highest BCUT2D eigenvalue weighted by molar-refractivity contribution is 6.33. The van der Waals surface area contributed by atoms with Gasteiger partial charge in [0, 0.05) is 0 Å². The lowest BCUT2D eigenvalue weighted by atomic mass is 9.98. The summed E-state index contributed by atoms with van der Waals surface area (Å²) in [6.45, 7) is 2.95. The van der Waals surface area contributed by atoms with Crippen LogP contribution in [-0.2, 0) is 6.42 Å². The first-order chi connectivity index (χ1) is 8.63. The van der Waals surface area contributed by atoms with Gasteiger partial charge in [-0.3, -0.25) is 0 Å². The van der Waals surface area contributed by atoms with Crippen LogP contribution >= 0.6 is 11.6 Å². The molecule has 1 aromatic rings. The van der Waals surface area contributed by atoms with Gasteiger partial charge in [-0.25, -0.2) is 0 Å². The number of nitrogens with two attached hydrogens (primary N) is 1. The van der Waals surface area contributed by atoms with E-state index in [1.165, 1.54) is 0 Å². The van der Waals surface area contributed by atoms with Crippen LogP contribution in [0.15, 0.2) is 12.1 Å². The largest absolute Gasteiger partial charge is 0.495 e. The zero-order valence-electron chi connectivity index (χ0n) is 11.3. The van der Waals surface area contributed by atoms with Crippen LogP contribution in [0.1, 0.15) is 25.3 Å². The average molecular weight is 272 g/mol. The van der Waals surface area contributed by atoms with E-state index in [9.17, 15) is 0 Å². The van der Waals surface area contributed by atoms with Gasteiger partial charge in [0.05, 0.1) is 14.2 Å². The van der Waals surface area contributed by atoms with E-state index in [1.807, 2.05) is 12.1 Å². The monoisotopic (exact) mass is 271 g/mol. The normalized spacial score (nSPS) is 12.3. The molecule has 2 N–H and O–H groups in total. The molecule has 1 rings (SSSR count). The minimum absolute atomic E-state index is 0.545. The molecule has 0 saturated heterocycles. The summed E-state index contributed by atoms with van der Waals surface area (Å²) in [7, 11) is 3.23. The number of rotatable bonds is 7. The van der Waals surface area contributed by atoms with Gasteiger partial charge < -0.3 is 15.2 Å². The van der Waals surface area contributed by atoms with Crippen LogP contribution in [0.3, 0.4) is 0 Å². The van der Waals surface area contributed by atoms with Gasteiger partial charge in [-0.05, 0) is 43.4 Å². The van der Waals surface area contributed by atoms with Crippen LogP contribution in [0.4, 0.5) is 0 Å². The minimum atomic E-state index is 0.545. The topological polar surface area (TPSA) is 44.5 Å². The van der Waals surface area contributed by atoms with E-state index in [0.29, 0.717) is 16.7 Å². The van der Waals surface area contributed by atoms with Crippen molar-refractivity contribution in [3.8, 4) is 11.5 Å². The maximum absolute atomic E-state index is 6.22. The lowest BCUT2D eigenvalue weighted by Gasteiger charge is -2.15. The molecule has 0 fully saturated rings. The summed E-state index contributed by atoms with van der Waals surface area (Å²) in [4.78, 5) is 0. The van der Waals surface area contributed by atoms with Crippen LogP contribution in [-0.4, -0.2) is 20.8 Å². The molecule has 0 aliphatic carbocycles. The van der Waals surface area contributed by atoms with Gasteiger partial charge in [0.25, 0.3) is 0 Å². The van der Waals surface area contributed by atoms with Crippen molar-refractivity contribution in [3.05, 3.63) is 22.7 Å². The van der Waals surface area contributed by atoms with Crippen LogP contribution in [0.25, 0.3) is 0 Å². The van der Waals surface area contributed by atoms with Gasteiger partial charge in [-0.15, -0.1) is 0 Å². The van der Waals surface area contributed by atoms with Crippen LogP contribution < -0.4 is 15.2 Å². The molecule has 0 spiro atoms. The third-order valence-corrected chi connectivity index (χ3v) is 3.49. The number of hydrogen-bond donors (Lipinski definition) is 1. The van der Waals surface area contributed by atoms with Gasteiger partial charge in [0.1, 0.15) is 16.5 Å². The highest BCUT2D eigenvalue weighted by Crippen LogP contribution is 2.37. The Hall–Kier alpha value is -0.930. The van der Waals surface area contributed by atoms with Crippen molar-refractivity contribution in [1.29, 1.82) is 0 Å². The summed E-state index contributed by atoms with van der Waals surface area (Å²) in [5.41, 5.74) is 6.67. The number of hydrogen-bond acceptors (Lipinski definition) is 3. The Morgan fingerprint density at radius 1 is 1.22 bits per heavy atom. The molecule has 18 heavy (non-hydrogen) atoms. The van der Waals surface area contributed by atoms with Crippen molar-refractivity contribution in [1.82, 2.24) is 0 Å². The maximum Gasteiger partial charge on any atom is 0.144 e. The van der Waals surface area contributed by atoms with Gasteiger partial charge in [0.2, 0.25) is 0 Å². The summed E-state index contributed by atoms with van der Waals surface area (Å²) in [5.74, 6) is 1.98. The number of benzene rings is 1. The maximum atomic E-state index is 6.22.